The fourth-order valence-electron chi connectivity index (χ4n) is 1.13. The molecule has 0 aliphatic heterocycles. The fourth-order valence-corrected chi connectivity index (χ4v) is 1.56. The van der Waals surface area contributed by atoms with E-state index in [0.717, 1.165) is 5.56 Å². The summed E-state index contributed by atoms with van der Waals surface area (Å²) < 4.78 is 5.06. The molecule has 0 unspecified atom stereocenters. The van der Waals surface area contributed by atoms with Crippen LogP contribution in [-0.4, -0.2) is 16.3 Å². The van der Waals surface area contributed by atoms with E-state index in [9.17, 15) is 4.79 Å². The number of benzene rings is 1. The maximum absolute atomic E-state index is 11.4. The van der Waals surface area contributed by atoms with Crippen LogP contribution in [-0.2, 0) is 0 Å². The van der Waals surface area contributed by atoms with Crippen molar-refractivity contribution in [2.75, 3.05) is 5.32 Å². The third-order valence-corrected chi connectivity index (χ3v) is 2.38. The van der Waals surface area contributed by atoms with Crippen LogP contribution < -0.4 is 10.1 Å². The Morgan fingerprint density at radius 3 is 3.06 bits per heavy atom. The highest BCUT2D eigenvalue weighted by molar-refractivity contribution is 7.13. The molecule has 0 spiro atoms. The highest BCUT2D eigenvalue weighted by Crippen LogP contribution is 2.14. The molecule has 0 fully saturated rings. The number of carbonyl (C=O) groups is 1. The van der Waals surface area contributed by atoms with E-state index in [4.69, 9.17) is 4.74 Å². The fraction of sp³-hybridized carbons (Fsp3) is 0.100. The van der Waals surface area contributed by atoms with E-state index >= 15 is 0 Å². The number of anilines is 1. The van der Waals surface area contributed by atoms with Gasteiger partial charge in [-0.2, -0.15) is 0 Å². The molecular formula is C10H9N3O2S. The molecule has 1 N–H and O–H groups in total. The van der Waals surface area contributed by atoms with Crippen molar-refractivity contribution < 1.29 is 9.53 Å². The van der Waals surface area contributed by atoms with Crippen LogP contribution in [0.15, 0.2) is 29.8 Å². The molecule has 1 heterocycles. The van der Waals surface area contributed by atoms with Crippen LogP contribution in [0.2, 0.25) is 0 Å². The van der Waals surface area contributed by atoms with E-state index in [1.54, 1.807) is 12.1 Å². The number of hydrogen-bond donors (Lipinski definition) is 1. The number of nitrogens with one attached hydrogen (secondary N) is 1. The number of hydrogen-bond acceptors (Lipinski definition) is 5. The van der Waals surface area contributed by atoms with Crippen molar-refractivity contribution in [3.8, 4) is 5.75 Å². The number of aryl methyl sites for hydroxylation is 1. The zero-order valence-electron chi connectivity index (χ0n) is 8.51. The van der Waals surface area contributed by atoms with Crippen molar-refractivity contribution in [1.82, 2.24) is 10.2 Å². The lowest BCUT2D eigenvalue weighted by molar-refractivity contribution is 0.215. The quantitative estimate of drug-likeness (QED) is 0.868. The van der Waals surface area contributed by atoms with Crippen LogP contribution in [0.25, 0.3) is 0 Å². The van der Waals surface area contributed by atoms with Crippen LogP contribution >= 0.6 is 11.3 Å². The molecule has 5 nitrogen and oxygen atoms in total. The lowest BCUT2D eigenvalue weighted by Crippen LogP contribution is -2.16. The molecule has 1 aromatic heterocycles. The summed E-state index contributed by atoms with van der Waals surface area (Å²) >= 11 is 1.23. The number of aromatic nitrogens is 2. The van der Waals surface area contributed by atoms with Gasteiger partial charge in [-0.15, -0.1) is 10.2 Å². The molecule has 0 aliphatic rings. The van der Waals surface area contributed by atoms with Gasteiger partial charge in [0, 0.05) is 0 Å². The Hall–Kier alpha value is -1.95. The molecule has 82 valence electrons. The summed E-state index contributed by atoms with van der Waals surface area (Å²) in [4.78, 5) is 11.4. The van der Waals surface area contributed by atoms with Crippen molar-refractivity contribution in [2.45, 2.75) is 6.92 Å². The molecule has 0 atom stereocenters. The Balaban J connectivity index is 1.97. The van der Waals surface area contributed by atoms with Gasteiger partial charge < -0.3 is 4.74 Å². The number of rotatable bonds is 2. The zero-order valence-corrected chi connectivity index (χ0v) is 9.32. The standard InChI is InChI=1S/C10H9N3O2S/c1-7-3-2-4-8(5-7)15-10(14)12-9-13-11-6-16-9/h2-6H,1H3,(H,12,13,14). The molecule has 0 radical (unpaired) electrons. The van der Waals surface area contributed by atoms with Gasteiger partial charge in [0.15, 0.2) is 0 Å². The Morgan fingerprint density at radius 2 is 2.38 bits per heavy atom. The van der Waals surface area contributed by atoms with Crippen LogP contribution in [0.1, 0.15) is 5.56 Å². The van der Waals surface area contributed by atoms with Crippen molar-refractivity contribution in [2.24, 2.45) is 0 Å². The van der Waals surface area contributed by atoms with E-state index in [-0.39, 0.29) is 0 Å². The monoisotopic (exact) mass is 235 g/mol. The number of amides is 1. The van der Waals surface area contributed by atoms with Crippen LogP contribution in [0.4, 0.5) is 9.93 Å². The SMILES string of the molecule is Cc1cccc(OC(=O)Nc2nncs2)c1. The molecule has 2 rings (SSSR count). The second-order valence-electron chi connectivity index (χ2n) is 3.07. The van der Waals surface area contributed by atoms with Crippen molar-refractivity contribution >= 4 is 22.6 Å². The average molecular weight is 235 g/mol. The minimum absolute atomic E-state index is 0.414. The second kappa shape index (κ2) is 4.71. The van der Waals surface area contributed by atoms with Gasteiger partial charge in [0.1, 0.15) is 11.3 Å². The van der Waals surface area contributed by atoms with Gasteiger partial charge >= 0.3 is 6.09 Å². The normalized spacial score (nSPS) is 9.81. The molecule has 0 aliphatic carbocycles. The maximum Gasteiger partial charge on any atom is 0.418 e. The van der Waals surface area contributed by atoms with E-state index in [0.29, 0.717) is 10.9 Å². The Morgan fingerprint density at radius 1 is 1.50 bits per heavy atom. The van der Waals surface area contributed by atoms with Gasteiger partial charge in [0.05, 0.1) is 0 Å². The molecule has 1 amide bonds. The van der Waals surface area contributed by atoms with Crippen LogP contribution in [0, 0.1) is 6.92 Å². The predicted octanol–water partition coefficient (Wildman–Crippen LogP) is 2.46. The minimum atomic E-state index is -0.567. The Kier molecular flexibility index (Phi) is 3.11. The maximum atomic E-state index is 11.4. The number of ether oxygens (including phenoxy) is 1. The summed E-state index contributed by atoms with van der Waals surface area (Å²) in [7, 11) is 0. The molecule has 0 bridgehead atoms. The van der Waals surface area contributed by atoms with E-state index in [2.05, 4.69) is 15.5 Å². The van der Waals surface area contributed by atoms with Gasteiger partial charge in [-0.1, -0.05) is 23.5 Å². The molecular weight excluding hydrogens is 226 g/mol. The summed E-state index contributed by atoms with van der Waals surface area (Å²) in [5.41, 5.74) is 2.56. The topological polar surface area (TPSA) is 64.1 Å². The summed E-state index contributed by atoms with van der Waals surface area (Å²) in [5, 5.41) is 10.2. The third kappa shape index (κ3) is 2.77. The van der Waals surface area contributed by atoms with Gasteiger partial charge in [-0.25, -0.2) is 4.79 Å². The first-order valence-electron chi connectivity index (χ1n) is 4.56. The first kappa shape index (κ1) is 10.6. The van der Waals surface area contributed by atoms with Crippen LogP contribution in [0.5, 0.6) is 5.75 Å². The first-order valence-corrected chi connectivity index (χ1v) is 5.44. The first-order chi connectivity index (χ1) is 7.74. The lowest BCUT2D eigenvalue weighted by atomic mass is 10.2. The average Bonchev–Trinajstić information content (AvgIpc) is 2.70. The number of nitrogens with zero attached hydrogens (tertiary/aromatic N) is 2. The van der Waals surface area contributed by atoms with Crippen molar-refractivity contribution in [3.05, 3.63) is 35.3 Å². The largest absolute Gasteiger partial charge is 0.418 e. The Labute approximate surface area is 96.1 Å². The predicted molar refractivity (Wildman–Crippen MR) is 60.7 cm³/mol. The Bertz CT molecular complexity index is 485. The molecule has 16 heavy (non-hydrogen) atoms. The summed E-state index contributed by atoms with van der Waals surface area (Å²) in [6.45, 7) is 1.93. The smallest absolute Gasteiger partial charge is 0.410 e. The summed E-state index contributed by atoms with van der Waals surface area (Å²) in [5.74, 6) is 0.502. The van der Waals surface area contributed by atoms with Crippen molar-refractivity contribution in [1.29, 1.82) is 0 Å². The van der Waals surface area contributed by atoms with Gasteiger partial charge in [-0.05, 0) is 24.6 Å². The van der Waals surface area contributed by atoms with Crippen LogP contribution in [0.3, 0.4) is 0 Å². The van der Waals surface area contributed by atoms with Gasteiger partial charge in [-0.3, -0.25) is 5.32 Å². The summed E-state index contributed by atoms with van der Waals surface area (Å²) in [6, 6.07) is 7.24. The molecule has 0 saturated heterocycles. The van der Waals surface area contributed by atoms with E-state index in [1.165, 1.54) is 16.8 Å². The third-order valence-electron chi connectivity index (χ3n) is 1.77. The number of carbonyl (C=O) groups excluding carboxylic acids is 1. The minimum Gasteiger partial charge on any atom is -0.410 e. The van der Waals surface area contributed by atoms with Gasteiger partial charge in [0.25, 0.3) is 0 Å². The molecule has 1 aromatic carbocycles. The highest BCUT2D eigenvalue weighted by Gasteiger charge is 2.06. The lowest BCUT2D eigenvalue weighted by Gasteiger charge is -2.04. The summed E-state index contributed by atoms with van der Waals surface area (Å²) in [6.07, 6.45) is -0.567. The van der Waals surface area contributed by atoms with Crippen molar-refractivity contribution in [3.63, 3.8) is 0 Å². The highest BCUT2D eigenvalue weighted by atomic mass is 32.1. The molecule has 2 aromatic rings. The van der Waals surface area contributed by atoms with Gasteiger partial charge in [0.2, 0.25) is 5.13 Å². The van der Waals surface area contributed by atoms with E-state index in [1.807, 2.05) is 19.1 Å². The molecule has 6 heteroatoms. The molecule has 0 saturated carbocycles. The second-order valence-corrected chi connectivity index (χ2v) is 3.91. The zero-order chi connectivity index (χ0) is 11.4. The van der Waals surface area contributed by atoms with E-state index < -0.39 is 6.09 Å².